The van der Waals surface area contributed by atoms with Gasteiger partial charge in [0.1, 0.15) is 12.1 Å². The number of carboxylic acid groups (broad SMARTS) is 1. The van der Waals surface area contributed by atoms with Crippen LogP contribution < -0.4 is 5.32 Å². The van der Waals surface area contributed by atoms with Crippen LogP contribution in [0.2, 0.25) is 0 Å². The number of hydrogen-bond donors (Lipinski definition) is 3. The Morgan fingerprint density at radius 1 is 1.08 bits per heavy atom. The lowest BCUT2D eigenvalue weighted by atomic mass is 10.0. The number of benzene rings is 2. The van der Waals surface area contributed by atoms with Gasteiger partial charge in [-0.2, -0.15) is 8.42 Å². The molecule has 1 heterocycles. The molecule has 10 nitrogen and oxygen atoms in total. The van der Waals surface area contributed by atoms with E-state index in [4.69, 9.17) is 9.29 Å². The first-order valence-corrected chi connectivity index (χ1v) is 13.5. The molecule has 3 atom stereocenters. The van der Waals surface area contributed by atoms with E-state index in [1.165, 1.54) is 17.0 Å². The fraction of sp³-hybridized carbons (Fsp3) is 0.423. The van der Waals surface area contributed by atoms with E-state index in [2.05, 4.69) is 5.32 Å². The zero-order valence-corrected chi connectivity index (χ0v) is 21.8. The summed E-state index contributed by atoms with van der Waals surface area (Å²) >= 11 is 0. The third kappa shape index (κ3) is 9.60. The molecule has 1 aliphatic heterocycles. The van der Waals surface area contributed by atoms with Gasteiger partial charge in [-0.05, 0) is 57.2 Å². The van der Waals surface area contributed by atoms with E-state index in [0.717, 1.165) is 5.56 Å². The van der Waals surface area contributed by atoms with Crippen molar-refractivity contribution in [3.8, 4) is 0 Å². The van der Waals surface area contributed by atoms with Crippen molar-refractivity contribution in [3.05, 3.63) is 66.2 Å². The van der Waals surface area contributed by atoms with Crippen molar-refractivity contribution < 1.29 is 37.2 Å². The Morgan fingerprint density at radius 3 is 2.19 bits per heavy atom. The molecule has 1 aliphatic rings. The van der Waals surface area contributed by atoms with Crippen LogP contribution >= 0.6 is 0 Å². The summed E-state index contributed by atoms with van der Waals surface area (Å²) in [5.41, 5.74) is 1.10. The Bertz CT molecular complexity index is 1130. The Kier molecular flexibility index (Phi) is 11.7. The molecule has 0 radical (unpaired) electrons. The fourth-order valence-corrected chi connectivity index (χ4v) is 4.47. The largest absolute Gasteiger partial charge is 0.480 e. The third-order valence-corrected chi connectivity index (χ3v) is 6.69. The SMILES string of the molecule is CCOC(=O)[C@H](CCc1ccccc1)N[C@@H](C)C(=O)N1CCC[C@H]1C(=O)O.O=S(=O)(O)c1ccccc1. The quantitative estimate of drug-likeness (QED) is 0.309. The van der Waals surface area contributed by atoms with Gasteiger partial charge in [0.25, 0.3) is 10.1 Å². The van der Waals surface area contributed by atoms with Crippen molar-refractivity contribution in [2.75, 3.05) is 13.2 Å². The van der Waals surface area contributed by atoms with Gasteiger partial charge < -0.3 is 14.7 Å². The maximum Gasteiger partial charge on any atom is 0.326 e. The zero-order valence-electron chi connectivity index (χ0n) is 20.9. The summed E-state index contributed by atoms with van der Waals surface area (Å²) in [5, 5.41) is 12.3. The summed E-state index contributed by atoms with van der Waals surface area (Å²) < 4.78 is 34.4. The minimum atomic E-state index is -4.00. The molecule has 0 unspecified atom stereocenters. The molecule has 0 bridgehead atoms. The van der Waals surface area contributed by atoms with Gasteiger partial charge in [0.05, 0.1) is 17.5 Å². The maximum absolute atomic E-state index is 12.7. The second-order valence-electron chi connectivity index (χ2n) is 8.53. The van der Waals surface area contributed by atoms with Crippen LogP contribution in [0.3, 0.4) is 0 Å². The molecule has 37 heavy (non-hydrogen) atoms. The number of aryl methyl sites for hydroxylation is 1. The summed E-state index contributed by atoms with van der Waals surface area (Å²) in [6, 6.07) is 15.1. The van der Waals surface area contributed by atoms with E-state index in [9.17, 15) is 27.9 Å². The molecule has 1 saturated heterocycles. The van der Waals surface area contributed by atoms with Crippen molar-refractivity contribution in [1.82, 2.24) is 10.2 Å². The number of carboxylic acids is 1. The molecule has 3 N–H and O–H groups in total. The van der Waals surface area contributed by atoms with Gasteiger partial charge in [-0.1, -0.05) is 48.5 Å². The first-order valence-electron chi connectivity index (χ1n) is 12.1. The standard InChI is InChI=1S/C20H28N2O5.C6H6O3S/c1-3-27-20(26)16(12-11-15-8-5-4-6-9-15)21-14(2)18(23)22-13-7-10-17(22)19(24)25;7-10(8,9)6-4-2-1-3-5-6/h4-6,8-9,14,16-17,21H,3,7,10-13H2,1-2H3,(H,24,25);1-5H,(H,7,8,9)/t14-,16-,17-;/m0./s1. The molecule has 202 valence electrons. The highest BCUT2D eigenvalue weighted by atomic mass is 32.2. The highest BCUT2D eigenvalue weighted by Gasteiger charge is 2.37. The lowest BCUT2D eigenvalue weighted by Crippen LogP contribution is -2.53. The van der Waals surface area contributed by atoms with E-state index in [1.807, 2.05) is 30.3 Å². The molecule has 0 spiro atoms. The van der Waals surface area contributed by atoms with E-state index in [1.54, 1.807) is 32.0 Å². The molecule has 3 rings (SSSR count). The van der Waals surface area contributed by atoms with Crippen LogP contribution in [0.4, 0.5) is 0 Å². The molecular weight excluding hydrogens is 500 g/mol. The molecule has 0 saturated carbocycles. The molecule has 2 aromatic carbocycles. The number of amides is 1. The van der Waals surface area contributed by atoms with Crippen LogP contribution in [0.25, 0.3) is 0 Å². The smallest absolute Gasteiger partial charge is 0.326 e. The first kappa shape index (κ1) is 29.9. The predicted octanol–water partition coefficient (Wildman–Crippen LogP) is 2.54. The van der Waals surface area contributed by atoms with Gasteiger partial charge in [0.2, 0.25) is 5.91 Å². The number of rotatable bonds is 10. The zero-order chi connectivity index (χ0) is 27.4. The third-order valence-electron chi connectivity index (χ3n) is 5.82. The Hall–Kier alpha value is -3.28. The summed E-state index contributed by atoms with van der Waals surface area (Å²) in [5.74, 6) is -1.68. The minimum Gasteiger partial charge on any atom is -0.480 e. The number of nitrogens with one attached hydrogen (secondary N) is 1. The molecule has 2 aromatic rings. The number of hydrogen-bond acceptors (Lipinski definition) is 7. The predicted molar refractivity (Wildman–Crippen MR) is 136 cm³/mol. The molecule has 11 heteroatoms. The highest BCUT2D eigenvalue weighted by Crippen LogP contribution is 2.19. The number of likely N-dealkylation sites (tertiary alicyclic amines) is 1. The molecule has 0 aliphatic carbocycles. The van der Waals surface area contributed by atoms with Gasteiger partial charge in [-0.3, -0.25) is 19.5 Å². The topological polar surface area (TPSA) is 150 Å². The van der Waals surface area contributed by atoms with E-state index in [0.29, 0.717) is 32.2 Å². The van der Waals surface area contributed by atoms with Gasteiger partial charge in [-0.15, -0.1) is 0 Å². The average Bonchev–Trinajstić information content (AvgIpc) is 3.37. The molecular formula is C26H34N2O8S. The summed E-state index contributed by atoms with van der Waals surface area (Å²) in [7, 11) is -4.00. The first-order chi connectivity index (χ1) is 17.5. The number of carbonyl (C=O) groups is 3. The summed E-state index contributed by atoms with van der Waals surface area (Å²) in [6.45, 7) is 4.09. The van der Waals surface area contributed by atoms with Gasteiger partial charge in [0.15, 0.2) is 0 Å². The van der Waals surface area contributed by atoms with Crippen molar-refractivity contribution in [2.24, 2.45) is 0 Å². The Morgan fingerprint density at radius 2 is 1.68 bits per heavy atom. The number of aliphatic carboxylic acids is 1. The maximum atomic E-state index is 12.7. The van der Waals surface area contributed by atoms with Gasteiger partial charge >= 0.3 is 11.9 Å². The number of nitrogens with zero attached hydrogens (tertiary/aromatic N) is 1. The second-order valence-corrected chi connectivity index (χ2v) is 9.95. The highest BCUT2D eigenvalue weighted by molar-refractivity contribution is 7.85. The molecule has 1 fully saturated rings. The van der Waals surface area contributed by atoms with Crippen molar-refractivity contribution >= 4 is 28.0 Å². The van der Waals surface area contributed by atoms with E-state index >= 15 is 0 Å². The van der Waals surface area contributed by atoms with Crippen molar-refractivity contribution in [2.45, 2.75) is 62.6 Å². The minimum absolute atomic E-state index is 0.0741. The Balaban J connectivity index is 0.000000402. The van der Waals surface area contributed by atoms with Crippen LogP contribution in [-0.2, 0) is 35.7 Å². The average molecular weight is 535 g/mol. The number of ether oxygens (including phenoxy) is 1. The fourth-order valence-electron chi connectivity index (χ4n) is 3.97. The number of carbonyl (C=O) groups excluding carboxylic acids is 2. The normalized spacial score (nSPS) is 16.7. The van der Waals surface area contributed by atoms with Crippen LogP contribution in [0.5, 0.6) is 0 Å². The van der Waals surface area contributed by atoms with Crippen molar-refractivity contribution in [3.63, 3.8) is 0 Å². The lowest BCUT2D eigenvalue weighted by molar-refractivity contribution is -0.150. The number of esters is 1. The summed E-state index contributed by atoms with van der Waals surface area (Å²) in [6.07, 6.45) is 2.29. The molecule has 0 aromatic heterocycles. The summed E-state index contributed by atoms with van der Waals surface area (Å²) in [4.78, 5) is 37.7. The van der Waals surface area contributed by atoms with E-state index < -0.39 is 40.2 Å². The lowest BCUT2D eigenvalue weighted by Gasteiger charge is -2.27. The van der Waals surface area contributed by atoms with Crippen LogP contribution in [0, 0.1) is 0 Å². The van der Waals surface area contributed by atoms with Crippen molar-refractivity contribution in [1.29, 1.82) is 0 Å². The van der Waals surface area contributed by atoms with Gasteiger partial charge in [-0.25, -0.2) is 4.79 Å². The van der Waals surface area contributed by atoms with Crippen LogP contribution in [0.15, 0.2) is 65.6 Å². The second kappa shape index (κ2) is 14.5. The van der Waals surface area contributed by atoms with Crippen LogP contribution in [-0.4, -0.2) is 72.1 Å². The molecule has 1 amide bonds. The monoisotopic (exact) mass is 534 g/mol. The van der Waals surface area contributed by atoms with E-state index in [-0.39, 0.29) is 17.4 Å². The van der Waals surface area contributed by atoms with Gasteiger partial charge in [0, 0.05) is 6.54 Å². The van der Waals surface area contributed by atoms with Crippen LogP contribution in [0.1, 0.15) is 38.7 Å². The Labute approximate surface area is 217 Å².